The van der Waals surface area contributed by atoms with Crippen molar-refractivity contribution in [2.75, 3.05) is 0 Å². The second kappa shape index (κ2) is 7.71. The van der Waals surface area contributed by atoms with Crippen molar-refractivity contribution in [1.29, 1.82) is 0 Å². The Morgan fingerprint density at radius 1 is 1.05 bits per heavy atom. The fourth-order valence-electron chi connectivity index (χ4n) is 2.34. The van der Waals surface area contributed by atoms with E-state index >= 15 is 0 Å². The highest BCUT2D eigenvalue weighted by Crippen LogP contribution is 2.16. The first-order valence-electron chi connectivity index (χ1n) is 7.48. The molecule has 0 spiro atoms. The van der Waals surface area contributed by atoms with Crippen molar-refractivity contribution in [2.45, 2.75) is 39.8 Å². The van der Waals surface area contributed by atoms with Gasteiger partial charge in [0, 0.05) is 12.6 Å². The van der Waals surface area contributed by atoms with E-state index < -0.39 is 0 Å². The summed E-state index contributed by atoms with van der Waals surface area (Å²) in [5.41, 5.74) is 3.78. The van der Waals surface area contributed by atoms with Gasteiger partial charge in [-0.3, -0.25) is 0 Å². The summed E-state index contributed by atoms with van der Waals surface area (Å²) in [6, 6.07) is 15.2. The zero-order chi connectivity index (χ0) is 15.2. The Hall–Kier alpha value is -1.19. The van der Waals surface area contributed by atoms with Crippen LogP contribution < -0.4 is 5.32 Å². The van der Waals surface area contributed by atoms with Crippen molar-refractivity contribution in [1.82, 2.24) is 10.3 Å². The van der Waals surface area contributed by atoms with Gasteiger partial charge in [0.1, 0.15) is 4.60 Å². The summed E-state index contributed by atoms with van der Waals surface area (Å²) in [5, 5.41) is 3.52. The van der Waals surface area contributed by atoms with E-state index in [1.54, 1.807) is 0 Å². The van der Waals surface area contributed by atoms with Gasteiger partial charge in [-0.15, -0.1) is 0 Å². The fourth-order valence-corrected chi connectivity index (χ4v) is 2.72. The minimum atomic E-state index is 0.318. The van der Waals surface area contributed by atoms with Gasteiger partial charge in [-0.05, 0) is 58.5 Å². The first-order valence-corrected chi connectivity index (χ1v) is 8.27. The second-order valence-corrected chi connectivity index (χ2v) is 6.71. The molecule has 2 nitrogen and oxygen atoms in total. The van der Waals surface area contributed by atoms with E-state index in [9.17, 15) is 0 Å². The lowest BCUT2D eigenvalue weighted by Gasteiger charge is -2.15. The molecule has 3 heteroatoms. The number of nitrogens with one attached hydrogen (secondary N) is 1. The highest BCUT2D eigenvalue weighted by molar-refractivity contribution is 9.10. The van der Waals surface area contributed by atoms with Crippen LogP contribution in [0.15, 0.2) is 47.1 Å². The largest absolute Gasteiger partial charge is 0.305 e. The standard InChI is InChI=1S/C18H23BrN2/c1-13(2)11-15-7-9-16(10-8-15)14(3)20-12-17-5-4-6-18(19)21-17/h4-10,13-14,20H,11-12H2,1-3H3. The zero-order valence-corrected chi connectivity index (χ0v) is 14.5. The van der Waals surface area contributed by atoms with E-state index in [1.165, 1.54) is 11.1 Å². The molecule has 0 fully saturated rings. The fraction of sp³-hybridized carbons (Fsp3) is 0.389. The van der Waals surface area contributed by atoms with Crippen molar-refractivity contribution in [3.8, 4) is 0 Å². The molecule has 0 bridgehead atoms. The van der Waals surface area contributed by atoms with E-state index in [1.807, 2.05) is 18.2 Å². The number of aromatic nitrogens is 1. The quantitative estimate of drug-likeness (QED) is 0.753. The van der Waals surface area contributed by atoms with Crippen molar-refractivity contribution in [2.24, 2.45) is 5.92 Å². The number of hydrogen-bond donors (Lipinski definition) is 1. The van der Waals surface area contributed by atoms with Crippen LogP contribution in [0.1, 0.15) is 43.6 Å². The van der Waals surface area contributed by atoms with Gasteiger partial charge < -0.3 is 5.32 Å². The lowest BCUT2D eigenvalue weighted by Crippen LogP contribution is -2.18. The molecule has 2 aromatic rings. The molecule has 21 heavy (non-hydrogen) atoms. The number of pyridine rings is 1. The molecular formula is C18H23BrN2. The van der Waals surface area contributed by atoms with Crippen LogP contribution in [0.4, 0.5) is 0 Å². The monoisotopic (exact) mass is 346 g/mol. The Bertz CT molecular complexity index is 564. The topological polar surface area (TPSA) is 24.9 Å². The molecule has 0 saturated heterocycles. The van der Waals surface area contributed by atoms with Gasteiger partial charge in [0.2, 0.25) is 0 Å². The predicted octanol–water partition coefficient (Wildman–Crippen LogP) is 4.89. The molecular weight excluding hydrogens is 324 g/mol. The van der Waals surface area contributed by atoms with Gasteiger partial charge >= 0.3 is 0 Å². The number of hydrogen-bond acceptors (Lipinski definition) is 2. The van der Waals surface area contributed by atoms with Gasteiger partial charge in [-0.25, -0.2) is 4.98 Å². The van der Waals surface area contributed by atoms with Crippen molar-refractivity contribution in [3.05, 3.63) is 63.9 Å². The molecule has 0 aliphatic heterocycles. The van der Waals surface area contributed by atoms with Crippen molar-refractivity contribution in [3.63, 3.8) is 0 Å². The average molecular weight is 347 g/mol. The Kier molecular flexibility index (Phi) is 5.95. The molecule has 0 aliphatic rings. The van der Waals surface area contributed by atoms with Gasteiger partial charge in [-0.1, -0.05) is 44.2 Å². The van der Waals surface area contributed by atoms with Crippen LogP contribution in [0.3, 0.4) is 0 Å². The molecule has 1 N–H and O–H groups in total. The molecule has 0 saturated carbocycles. The number of rotatable bonds is 6. The minimum Gasteiger partial charge on any atom is -0.305 e. The maximum Gasteiger partial charge on any atom is 0.106 e. The molecule has 1 aromatic carbocycles. The molecule has 112 valence electrons. The average Bonchev–Trinajstić information content (AvgIpc) is 2.45. The Morgan fingerprint density at radius 2 is 1.76 bits per heavy atom. The summed E-state index contributed by atoms with van der Waals surface area (Å²) < 4.78 is 0.882. The predicted molar refractivity (Wildman–Crippen MR) is 92.2 cm³/mol. The maximum atomic E-state index is 4.44. The van der Waals surface area contributed by atoms with E-state index in [-0.39, 0.29) is 0 Å². The van der Waals surface area contributed by atoms with Crippen LogP contribution in [0, 0.1) is 5.92 Å². The summed E-state index contributed by atoms with van der Waals surface area (Å²) in [5.74, 6) is 0.703. The highest BCUT2D eigenvalue weighted by atomic mass is 79.9. The molecule has 1 aromatic heterocycles. The van der Waals surface area contributed by atoms with Crippen LogP contribution in [0.25, 0.3) is 0 Å². The summed E-state index contributed by atoms with van der Waals surface area (Å²) in [6.45, 7) is 7.47. The maximum absolute atomic E-state index is 4.44. The van der Waals surface area contributed by atoms with E-state index in [0.717, 1.165) is 23.3 Å². The van der Waals surface area contributed by atoms with Gasteiger partial charge in [0.15, 0.2) is 0 Å². The van der Waals surface area contributed by atoms with E-state index in [4.69, 9.17) is 0 Å². The minimum absolute atomic E-state index is 0.318. The van der Waals surface area contributed by atoms with E-state index in [2.05, 4.69) is 71.3 Å². The van der Waals surface area contributed by atoms with Crippen LogP contribution >= 0.6 is 15.9 Å². The highest BCUT2D eigenvalue weighted by Gasteiger charge is 2.06. The van der Waals surface area contributed by atoms with E-state index in [0.29, 0.717) is 12.0 Å². The smallest absolute Gasteiger partial charge is 0.106 e. The number of benzene rings is 1. The van der Waals surface area contributed by atoms with Crippen molar-refractivity contribution >= 4 is 15.9 Å². The summed E-state index contributed by atoms with van der Waals surface area (Å²) in [6.07, 6.45) is 1.14. The molecule has 2 rings (SSSR count). The Morgan fingerprint density at radius 3 is 2.38 bits per heavy atom. The lowest BCUT2D eigenvalue weighted by molar-refractivity contribution is 0.567. The van der Waals surface area contributed by atoms with Gasteiger partial charge in [-0.2, -0.15) is 0 Å². The van der Waals surface area contributed by atoms with Crippen LogP contribution in [-0.2, 0) is 13.0 Å². The first kappa shape index (κ1) is 16.2. The third kappa shape index (κ3) is 5.25. The van der Waals surface area contributed by atoms with Crippen LogP contribution in [-0.4, -0.2) is 4.98 Å². The third-order valence-electron chi connectivity index (χ3n) is 3.49. The SMILES string of the molecule is CC(C)Cc1ccc(C(C)NCc2cccc(Br)n2)cc1. The zero-order valence-electron chi connectivity index (χ0n) is 12.9. The van der Waals surface area contributed by atoms with Crippen molar-refractivity contribution < 1.29 is 0 Å². The molecule has 0 amide bonds. The summed E-state index contributed by atoms with van der Waals surface area (Å²) in [7, 11) is 0. The molecule has 0 aliphatic carbocycles. The third-order valence-corrected chi connectivity index (χ3v) is 3.93. The molecule has 1 heterocycles. The van der Waals surface area contributed by atoms with Crippen LogP contribution in [0.2, 0.25) is 0 Å². The summed E-state index contributed by atoms with van der Waals surface area (Å²) >= 11 is 3.40. The number of nitrogens with zero attached hydrogens (tertiary/aromatic N) is 1. The Labute approximate surface area is 136 Å². The Balaban J connectivity index is 1.92. The normalized spacial score (nSPS) is 12.6. The molecule has 1 atom stereocenters. The van der Waals surface area contributed by atoms with Gasteiger partial charge in [0.25, 0.3) is 0 Å². The number of halogens is 1. The molecule has 0 radical (unpaired) electrons. The second-order valence-electron chi connectivity index (χ2n) is 5.89. The van der Waals surface area contributed by atoms with Crippen LogP contribution in [0.5, 0.6) is 0 Å². The molecule has 1 unspecified atom stereocenters. The first-order chi connectivity index (χ1) is 10.0. The van der Waals surface area contributed by atoms with Gasteiger partial charge in [0.05, 0.1) is 5.69 Å². The summed E-state index contributed by atoms with van der Waals surface area (Å²) in [4.78, 5) is 4.44. The lowest BCUT2D eigenvalue weighted by atomic mass is 10.00.